The smallest absolute Gasteiger partial charge is 0.137 e. The topological polar surface area (TPSA) is 50.3 Å². The summed E-state index contributed by atoms with van der Waals surface area (Å²) in [6.45, 7) is 5.92. The molecule has 0 aliphatic carbocycles. The summed E-state index contributed by atoms with van der Waals surface area (Å²) in [7, 11) is 0. The van der Waals surface area contributed by atoms with Crippen LogP contribution in [-0.2, 0) is 4.74 Å². The Kier molecular flexibility index (Phi) is 5.43. The Morgan fingerprint density at radius 1 is 1.18 bits per heavy atom. The summed E-state index contributed by atoms with van der Waals surface area (Å²) in [6, 6.07) is 5.70. The van der Waals surface area contributed by atoms with Crippen LogP contribution in [0.4, 0.5) is 5.82 Å². The fourth-order valence-electron chi connectivity index (χ4n) is 2.66. The van der Waals surface area contributed by atoms with Gasteiger partial charge in [-0.1, -0.05) is 11.6 Å². The second-order valence-electron chi connectivity index (χ2n) is 5.47. The highest BCUT2D eigenvalue weighted by Gasteiger charge is 2.09. The summed E-state index contributed by atoms with van der Waals surface area (Å²) in [4.78, 5) is 11.0. The normalized spacial score (nSPS) is 16.0. The number of rotatable bonds is 6. The predicted molar refractivity (Wildman–Crippen MR) is 89.5 cm³/mol. The molecule has 1 saturated heterocycles. The summed E-state index contributed by atoms with van der Waals surface area (Å²) < 4.78 is 5.36. The van der Waals surface area contributed by atoms with E-state index in [2.05, 4.69) is 20.2 Å². The van der Waals surface area contributed by atoms with E-state index in [0.29, 0.717) is 5.02 Å². The molecule has 1 fully saturated rings. The van der Waals surface area contributed by atoms with Crippen LogP contribution < -0.4 is 5.32 Å². The molecular weight excluding hydrogens is 300 g/mol. The lowest BCUT2D eigenvalue weighted by Crippen LogP contribution is -2.36. The van der Waals surface area contributed by atoms with Gasteiger partial charge >= 0.3 is 0 Å². The van der Waals surface area contributed by atoms with Gasteiger partial charge in [-0.25, -0.2) is 9.97 Å². The lowest BCUT2D eigenvalue weighted by atomic mass is 10.2. The molecule has 0 spiro atoms. The summed E-state index contributed by atoms with van der Waals surface area (Å²) in [5, 5.41) is 5.12. The Balaban J connectivity index is 1.47. The minimum atomic E-state index is 0.697. The molecule has 1 aliphatic rings. The van der Waals surface area contributed by atoms with Crippen molar-refractivity contribution in [2.24, 2.45) is 0 Å². The molecule has 0 bridgehead atoms. The Morgan fingerprint density at radius 2 is 2.05 bits per heavy atom. The molecule has 1 N–H and O–H groups in total. The lowest BCUT2D eigenvalue weighted by molar-refractivity contribution is 0.0373. The van der Waals surface area contributed by atoms with Crippen molar-refractivity contribution in [3.05, 3.63) is 29.5 Å². The van der Waals surface area contributed by atoms with Gasteiger partial charge in [-0.05, 0) is 37.6 Å². The minimum absolute atomic E-state index is 0.697. The van der Waals surface area contributed by atoms with E-state index in [1.165, 1.54) is 6.42 Å². The number of halogens is 1. The first-order valence-electron chi connectivity index (χ1n) is 7.77. The number of hydrogen-bond acceptors (Lipinski definition) is 5. The predicted octanol–water partition coefficient (Wildman–Crippen LogP) is 2.81. The van der Waals surface area contributed by atoms with Crippen molar-refractivity contribution in [1.29, 1.82) is 0 Å². The van der Waals surface area contributed by atoms with E-state index in [-0.39, 0.29) is 0 Å². The molecule has 118 valence electrons. The molecule has 1 aromatic carbocycles. The fourth-order valence-corrected chi connectivity index (χ4v) is 2.83. The Hall–Kier alpha value is -1.43. The van der Waals surface area contributed by atoms with Gasteiger partial charge in [-0.15, -0.1) is 0 Å². The highest BCUT2D eigenvalue weighted by atomic mass is 35.5. The second-order valence-corrected chi connectivity index (χ2v) is 5.91. The maximum atomic E-state index is 6.00. The van der Waals surface area contributed by atoms with Crippen LogP contribution in [0.1, 0.15) is 12.8 Å². The third-order valence-corrected chi connectivity index (χ3v) is 4.13. The molecule has 6 heteroatoms. The quantitative estimate of drug-likeness (QED) is 0.829. The van der Waals surface area contributed by atoms with Gasteiger partial charge in [0.15, 0.2) is 0 Å². The van der Waals surface area contributed by atoms with Crippen molar-refractivity contribution in [1.82, 2.24) is 14.9 Å². The van der Waals surface area contributed by atoms with Crippen molar-refractivity contribution in [3.63, 3.8) is 0 Å². The number of aromatic nitrogens is 2. The van der Waals surface area contributed by atoms with Crippen LogP contribution in [0.15, 0.2) is 24.5 Å². The summed E-state index contributed by atoms with van der Waals surface area (Å²) >= 11 is 6.00. The molecule has 0 unspecified atom stereocenters. The summed E-state index contributed by atoms with van der Waals surface area (Å²) in [6.07, 6.45) is 3.88. The SMILES string of the molecule is Clc1ccc2c(NCCCCN3CCOCC3)ncnc2c1. The highest BCUT2D eigenvalue weighted by Crippen LogP contribution is 2.22. The van der Waals surface area contributed by atoms with Crippen molar-refractivity contribution >= 4 is 28.3 Å². The third-order valence-electron chi connectivity index (χ3n) is 3.90. The van der Waals surface area contributed by atoms with E-state index in [1.54, 1.807) is 6.33 Å². The zero-order valence-electron chi connectivity index (χ0n) is 12.6. The molecule has 1 aromatic heterocycles. The lowest BCUT2D eigenvalue weighted by Gasteiger charge is -2.26. The standard InChI is InChI=1S/C16H21ClN4O/c17-13-3-4-14-15(11-13)19-12-20-16(14)18-5-1-2-6-21-7-9-22-10-8-21/h3-4,11-12H,1-2,5-10H2,(H,18,19,20). The number of morpholine rings is 1. The summed E-state index contributed by atoms with van der Waals surface area (Å²) in [5.41, 5.74) is 0.873. The maximum absolute atomic E-state index is 6.00. The van der Waals surface area contributed by atoms with E-state index in [4.69, 9.17) is 16.3 Å². The molecule has 0 atom stereocenters. The minimum Gasteiger partial charge on any atom is -0.379 e. The van der Waals surface area contributed by atoms with Crippen LogP contribution in [0.5, 0.6) is 0 Å². The molecule has 1 aliphatic heterocycles. The van der Waals surface area contributed by atoms with Gasteiger partial charge < -0.3 is 10.1 Å². The molecular formula is C16H21ClN4O. The number of anilines is 1. The van der Waals surface area contributed by atoms with Crippen LogP contribution in [-0.4, -0.2) is 54.3 Å². The van der Waals surface area contributed by atoms with Gasteiger partial charge in [-0.2, -0.15) is 0 Å². The van der Waals surface area contributed by atoms with E-state index in [9.17, 15) is 0 Å². The molecule has 0 radical (unpaired) electrons. The van der Waals surface area contributed by atoms with Gasteiger partial charge in [0.1, 0.15) is 12.1 Å². The van der Waals surface area contributed by atoms with Crippen LogP contribution in [0.2, 0.25) is 5.02 Å². The van der Waals surface area contributed by atoms with E-state index in [1.807, 2.05) is 18.2 Å². The molecule has 5 nitrogen and oxygen atoms in total. The molecule has 2 heterocycles. The van der Waals surface area contributed by atoms with Crippen LogP contribution in [0.25, 0.3) is 10.9 Å². The number of nitrogens with one attached hydrogen (secondary N) is 1. The number of ether oxygens (including phenoxy) is 1. The van der Waals surface area contributed by atoms with E-state index in [0.717, 1.165) is 62.5 Å². The number of benzene rings is 1. The molecule has 3 rings (SSSR count). The van der Waals surface area contributed by atoms with Crippen molar-refractivity contribution in [3.8, 4) is 0 Å². The average Bonchev–Trinajstić information content (AvgIpc) is 2.55. The summed E-state index contributed by atoms with van der Waals surface area (Å²) in [5.74, 6) is 0.882. The fraction of sp³-hybridized carbons (Fsp3) is 0.500. The first-order chi connectivity index (χ1) is 10.8. The van der Waals surface area contributed by atoms with Crippen LogP contribution in [0, 0.1) is 0 Å². The van der Waals surface area contributed by atoms with Gasteiger partial charge in [0.05, 0.1) is 18.7 Å². The number of fused-ring (bicyclic) bond motifs is 1. The van der Waals surface area contributed by atoms with Crippen molar-refractivity contribution in [2.45, 2.75) is 12.8 Å². The Morgan fingerprint density at radius 3 is 2.91 bits per heavy atom. The van der Waals surface area contributed by atoms with E-state index < -0.39 is 0 Å². The zero-order valence-corrected chi connectivity index (χ0v) is 13.4. The Labute approximate surface area is 135 Å². The van der Waals surface area contributed by atoms with Gasteiger partial charge in [-0.3, -0.25) is 4.90 Å². The van der Waals surface area contributed by atoms with Gasteiger partial charge in [0.2, 0.25) is 0 Å². The molecule has 22 heavy (non-hydrogen) atoms. The third kappa shape index (κ3) is 4.06. The second kappa shape index (κ2) is 7.72. The number of unbranched alkanes of at least 4 members (excludes halogenated alkanes) is 1. The molecule has 2 aromatic rings. The van der Waals surface area contributed by atoms with Crippen molar-refractivity contribution < 1.29 is 4.74 Å². The largest absolute Gasteiger partial charge is 0.379 e. The number of nitrogens with zero attached hydrogens (tertiary/aromatic N) is 3. The zero-order chi connectivity index (χ0) is 15.2. The van der Waals surface area contributed by atoms with E-state index >= 15 is 0 Å². The molecule has 0 saturated carbocycles. The van der Waals surface area contributed by atoms with Crippen molar-refractivity contribution in [2.75, 3.05) is 44.7 Å². The average molecular weight is 321 g/mol. The van der Waals surface area contributed by atoms with Crippen LogP contribution in [0.3, 0.4) is 0 Å². The highest BCUT2D eigenvalue weighted by molar-refractivity contribution is 6.31. The monoisotopic (exact) mass is 320 g/mol. The molecule has 0 amide bonds. The van der Waals surface area contributed by atoms with Gasteiger partial charge in [0.25, 0.3) is 0 Å². The Bertz CT molecular complexity index is 616. The van der Waals surface area contributed by atoms with Gasteiger partial charge in [0, 0.05) is 30.0 Å². The number of hydrogen-bond donors (Lipinski definition) is 1. The first kappa shape index (κ1) is 15.5. The first-order valence-corrected chi connectivity index (χ1v) is 8.15. The van der Waals surface area contributed by atoms with Crippen LogP contribution >= 0.6 is 11.6 Å². The maximum Gasteiger partial charge on any atom is 0.137 e.